The second kappa shape index (κ2) is 6.11. The van der Waals surface area contributed by atoms with E-state index in [1.54, 1.807) is 0 Å². The normalized spacial score (nSPS) is 32.3. The van der Waals surface area contributed by atoms with Gasteiger partial charge in [-0.3, -0.25) is 4.79 Å². The van der Waals surface area contributed by atoms with Gasteiger partial charge >= 0.3 is 6.18 Å². The molecule has 1 saturated carbocycles. The second-order valence-corrected chi connectivity index (χ2v) is 5.66. The molecule has 0 radical (unpaired) electrons. The van der Waals surface area contributed by atoms with Crippen LogP contribution in [0.25, 0.3) is 0 Å². The van der Waals surface area contributed by atoms with Crippen molar-refractivity contribution in [3.8, 4) is 0 Å². The van der Waals surface area contributed by atoms with E-state index in [2.05, 4.69) is 10.6 Å². The largest absolute Gasteiger partial charge is 0.391 e. The van der Waals surface area contributed by atoms with Crippen LogP contribution in [0.2, 0.25) is 0 Å². The third-order valence-electron chi connectivity index (χ3n) is 4.15. The Kier molecular flexibility index (Phi) is 4.71. The number of nitrogens with one attached hydrogen (secondary N) is 2. The molecule has 1 amide bonds. The van der Waals surface area contributed by atoms with Gasteiger partial charge in [0, 0.05) is 18.5 Å². The molecule has 0 aromatic rings. The highest BCUT2D eigenvalue weighted by molar-refractivity contribution is 5.76. The molecule has 2 rings (SSSR count). The van der Waals surface area contributed by atoms with Gasteiger partial charge in [0.15, 0.2) is 0 Å². The summed E-state index contributed by atoms with van der Waals surface area (Å²) in [6, 6.07) is 0.166. The molecule has 19 heavy (non-hydrogen) atoms. The molecular weight excluding hydrogens is 257 g/mol. The number of amides is 1. The predicted molar refractivity (Wildman–Crippen MR) is 65.6 cm³/mol. The zero-order valence-electron chi connectivity index (χ0n) is 10.9. The van der Waals surface area contributed by atoms with Crippen molar-refractivity contribution in [3.63, 3.8) is 0 Å². The fourth-order valence-corrected chi connectivity index (χ4v) is 3.01. The number of hydrogen-bond acceptors (Lipinski definition) is 2. The van der Waals surface area contributed by atoms with E-state index in [4.69, 9.17) is 0 Å². The first kappa shape index (κ1) is 14.6. The fraction of sp³-hybridized carbons (Fsp3) is 0.923. The molecule has 2 fully saturated rings. The molecule has 1 aliphatic carbocycles. The number of alkyl halides is 3. The van der Waals surface area contributed by atoms with Crippen LogP contribution in [0.15, 0.2) is 0 Å². The first-order chi connectivity index (χ1) is 8.95. The zero-order chi connectivity index (χ0) is 13.9. The topological polar surface area (TPSA) is 41.1 Å². The summed E-state index contributed by atoms with van der Waals surface area (Å²) in [6.45, 7) is 0.953. The highest BCUT2D eigenvalue weighted by atomic mass is 19.4. The van der Waals surface area contributed by atoms with Gasteiger partial charge in [0.1, 0.15) is 0 Å². The third-order valence-corrected chi connectivity index (χ3v) is 4.15. The summed E-state index contributed by atoms with van der Waals surface area (Å²) in [5.74, 6) is -1.22. The molecule has 0 aromatic carbocycles. The van der Waals surface area contributed by atoms with Gasteiger partial charge in [-0.25, -0.2) is 0 Å². The zero-order valence-corrected chi connectivity index (χ0v) is 10.9. The maximum atomic E-state index is 12.5. The van der Waals surface area contributed by atoms with E-state index < -0.39 is 12.1 Å². The van der Waals surface area contributed by atoms with Crippen LogP contribution in [0.1, 0.15) is 44.9 Å². The third kappa shape index (κ3) is 4.37. The molecular formula is C13H21F3N2O. The summed E-state index contributed by atoms with van der Waals surface area (Å²) in [4.78, 5) is 11.8. The standard InChI is InChI=1S/C13H21F3N2O/c14-13(15,16)9-3-5-10(6-4-9)18-12(19)8-11-2-1-7-17-11/h9-11,17H,1-8H2,(H,18,19). The smallest absolute Gasteiger partial charge is 0.353 e. The number of rotatable bonds is 3. The average Bonchev–Trinajstić information content (AvgIpc) is 2.81. The Bertz CT molecular complexity index is 306. The lowest BCUT2D eigenvalue weighted by molar-refractivity contribution is -0.182. The van der Waals surface area contributed by atoms with E-state index in [0.29, 0.717) is 19.3 Å². The van der Waals surface area contributed by atoms with E-state index in [9.17, 15) is 18.0 Å². The van der Waals surface area contributed by atoms with E-state index in [1.807, 2.05) is 0 Å². The van der Waals surface area contributed by atoms with Gasteiger partial charge in [-0.2, -0.15) is 13.2 Å². The maximum Gasteiger partial charge on any atom is 0.391 e. The Morgan fingerprint density at radius 2 is 1.84 bits per heavy atom. The summed E-state index contributed by atoms with van der Waals surface area (Å²) in [5, 5.41) is 6.11. The van der Waals surface area contributed by atoms with Crippen molar-refractivity contribution in [1.82, 2.24) is 10.6 Å². The van der Waals surface area contributed by atoms with Gasteiger partial charge in [0.05, 0.1) is 5.92 Å². The lowest BCUT2D eigenvalue weighted by atomic mass is 9.85. The van der Waals surface area contributed by atoms with E-state index in [0.717, 1.165) is 19.4 Å². The first-order valence-electron chi connectivity index (χ1n) is 7.04. The summed E-state index contributed by atoms with van der Waals surface area (Å²) in [6.07, 6.45) is -0.390. The molecule has 6 heteroatoms. The summed E-state index contributed by atoms with van der Waals surface area (Å²) >= 11 is 0. The van der Waals surface area contributed by atoms with E-state index in [-0.39, 0.29) is 30.8 Å². The minimum Gasteiger partial charge on any atom is -0.353 e. The first-order valence-corrected chi connectivity index (χ1v) is 7.04. The van der Waals surface area contributed by atoms with Crippen molar-refractivity contribution in [2.45, 2.75) is 63.2 Å². The summed E-state index contributed by atoms with van der Waals surface area (Å²) in [5.41, 5.74) is 0. The van der Waals surface area contributed by atoms with Crippen molar-refractivity contribution in [1.29, 1.82) is 0 Å². The lowest BCUT2D eigenvalue weighted by Crippen LogP contribution is -2.41. The highest BCUT2D eigenvalue weighted by Gasteiger charge is 2.41. The quantitative estimate of drug-likeness (QED) is 0.832. The molecule has 110 valence electrons. The number of hydrogen-bond donors (Lipinski definition) is 2. The van der Waals surface area contributed by atoms with Gasteiger partial charge in [-0.05, 0) is 45.1 Å². The van der Waals surface area contributed by atoms with Crippen LogP contribution in [-0.2, 0) is 4.79 Å². The van der Waals surface area contributed by atoms with Crippen LogP contribution in [0, 0.1) is 5.92 Å². The van der Waals surface area contributed by atoms with Crippen LogP contribution in [0.4, 0.5) is 13.2 Å². The Morgan fingerprint density at radius 1 is 1.16 bits per heavy atom. The molecule has 1 atom stereocenters. The fourth-order valence-electron chi connectivity index (χ4n) is 3.01. The van der Waals surface area contributed by atoms with Gasteiger partial charge < -0.3 is 10.6 Å². The predicted octanol–water partition coefficient (Wildman–Crippen LogP) is 2.37. The molecule has 1 heterocycles. The minimum atomic E-state index is -4.08. The second-order valence-electron chi connectivity index (χ2n) is 5.66. The Hall–Kier alpha value is -0.780. The molecule has 2 aliphatic rings. The lowest BCUT2D eigenvalue weighted by Gasteiger charge is -2.30. The molecule has 2 N–H and O–H groups in total. The molecule has 3 nitrogen and oxygen atoms in total. The van der Waals surface area contributed by atoms with E-state index in [1.165, 1.54) is 0 Å². The maximum absolute atomic E-state index is 12.5. The molecule has 1 saturated heterocycles. The van der Waals surface area contributed by atoms with Crippen LogP contribution in [0.3, 0.4) is 0 Å². The van der Waals surface area contributed by atoms with Gasteiger partial charge in [-0.1, -0.05) is 0 Å². The van der Waals surface area contributed by atoms with Crippen molar-refractivity contribution < 1.29 is 18.0 Å². The number of halogens is 3. The molecule has 1 unspecified atom stereocenters. The van der Waals surface area contributed by atoms with E-state index >= 15 is 0 Å². The molecule has 0 bridgehead atoms. The van der Waals surface area contributed by atoms with Crippen molar-refractivity contribution >= 4 is 5.91 Å². The average molecular weight is 278 g/mol. The van der Waals surface area contributed by atoms with Crippen molar-refractivity contribution in [2.75, 3.05) is 6.54 Å². The highest BCUT2D eigenvalue weighted by Crippen LogP contribution is 2.37. The van der Waals surface area contributed by atoms with Crippen molar-refractivity contribution in [3.05, 3.63) is 0 Å². The van der Waals surface area contributed by atoms with Crippen LogP contribution in [-0.4, -0.2) is 30.7 Å². The summed E-state index contributed by atoms with van der Waals surface area (Å²) < 4.78 is 37.5. The monoisotopic (exact) mass is 278 g/mol. The number of carbonyl (C=O) groups excluding carboxylic acids is 1. The Labute approximate surface area is 111 Å². The van der Waals surface area contributed by atoms with Gasteiger partial charge in [0.25, 0.3) is 0 Å². The Morgan fingerprint density at radius 3 is 2.37 bits per heavy atom. The summed E-state index contributed by atoms with van der Waals surface area (Å²) in [7, 11) is 0. The molecule has 0 aromatic heterocycles. The Balaban J connectivity index is 1.68. The number of carbonyl (C=O) groups is 1. The van der Waals surface area contributed by atoms with Gasteiger partial charge in [-0.15, -0.1) is 0 Å². The van der Waals surface area contributed by atoms with Crippen molar-refractivity contribution in [2.24, 2.45) is 5.92 Å². The van der Waals surface area contributed by atoms with Crippen LogP contribution >= 0.6 is 0 Å². The van der Waals surface area contributed by atoms with Gasteiger partial charge in [0.2, 0.25) is 5.91 Å². The van der Waals surface area contributed by atoms with Crippen LogP contribution < -0.4 is 10.6 Å². The molecule has 1 aliphatic heterocycles. The SMILES string of the molecule is O=C(CC1CCCN1)NC1CCC(C(F)(F)F)CC1. The molecule has 0 spiro atoms. The van der Waals surface area contributed by atoms with Crippen LogP contribution in [0.5, 0.6) is 0 Å². The minimum absolute atomic E-state index is 0.0325.